The molecule has 1 aliphatic heterocycles. The monoisotopic (exact) mass is 249 g/mol. The molecule has 0 bridgehead atoms. The van der Waals surface area contributed by atoms with Crippen LogP contribution in [-0.2, 0) is 4.79 Å². The van der Waals surface area contributed by atoms with Crippen molar-refractivity contribution < 1.29 is 4.79 Å². The smallest absolute Gasteiger partial charge is 0.256 e. The van der Waals surface area contributed by atoms with Crippen LogP contribution in [0.5, 0.6) is 0 Å². The second-order valence-electron chi connectivity index (χ2n) is 4.59. The molecule has 0 N–H and O–H groups in total. The summed E-state index contributed by atoms with van der Waals surface area (Å²) in [5, 5.41) is 0. The van der Waals surface area contributed by atoms with Crippen molar-refractivity contribution in [1.29, 1.82) is 0 Å². The molecule has 2 fully saturated rings. The Morgan fingerprint density at radius 2 is 1.80 bits per heavy atom. The van der Waals surface area contributed by atoms with Gasteiger partial charge < -0.3 is 4.90 Å². The van der Waals surface area contributed by atoms with Crippen LogP contribution in [0.3, 0.4) is 0 Å². The van der Waals surface area contributed by atoms with E-state index in [2.05, 4.69) is 0 Å². The Morgan fingerprint density at radius 1 is 1.13 bits per heavy atom. The summed E-state index contributed by atoms with van der Waals surface area (Å²) in [6.45, 7) is 0.843. The molecule has 86 valence electrons. The predicted molar refractivity (Wildman–Crippen MR) is 62.2 cm³/mol. The number of hydrogen-bond acceptors (Lipinski definition) is 1. The van der Waals surface area contributed by atoms with Gasteiger partial charge in [-0.05, 0) is 31.6 Å². The van der Waals surface area contributed by atoms with Gasteiger partial charge in [-0.3, -0.25) is 4.79 Å². The van der Waals surface area contributed by atoms with E-state index in [1.807, 2.05) is 4.90 Å². The highest BCUT2D eigenvalue weighted by molar-refractivity contribution is 6.53. The van der Waals surface area contributed by atoms with Crippen molar-refractivity contribution in [3.63, 3.8) is 0 Å². The van der Waals surface area contributed by atoms with Crippen LogP contribution in [0.15, 0.2) is 0 Å². The summed E-state index contributed by atoms with van der Waals surface area (Å²) in [5.41, 5.74) is 0. The first-order valence-corrected chi connectivity index (χ1v) is 6.66. The van der Waals surface area contributed by atoms with Crippen molar-refractivity contribution in [3.05, 3.63) is 0 Å². The zero-order chi connectivity index (χ0) is 10.8. The number of carbonyl (C=O) groups is 1. The number of piperidine rings is 1. The van der Waals surface area contributed by atoms with Gasteiger partial charge in [-0.15, -0.1) is 0 Å². The first kappa shape index (κ1) is 11.5. The molecule has 0 spiro atoms. The average molecular weight is 250 g/mol. The Labute approximate surface area is 101 Å². The molecular weight excluding hydrogens is 233 g/mol. The van der Waals surface area contributed by atoms with Gasteiger partial charge in [-0.25, -0.2) is 0 Å². The van der Waals surface area contributed by atoms with Gasteiger partial charge in [0.2, 0.25) is 0 Å². The van der Waals surface area contributed by atoms with Crippen LogP contribution in [0.2, 0.25) is 0 Å². The summed E-state index contributed by atoms with van der Waals surface area (Å²) in [5.74, 6) is 0.610. The van der Waals surface area contributed by atoms with Gasteiger partial charge in [0.1, 0.15) is 0 Å². The Morgan fingerprint density at radius 3 is 2.53 bits per heavy atom. The van der Waals surface area contributed by atoms with Gasteiger partial charge in [-0.2, -0.15) is 0 Å². The fourth-order valence-corrected chi connectivity index (χ4v) is 3.27. The highest BCUT2D eigenvalue weighted by Crippen LogP contribution is 2.35. The molecule has 2 nitrogen and oxygen atoms in total. The van der Waals surface area contributed by atoms with Crippen LogP contribution in [-0.4, -0.2) is 28.2 Å². The van der Waals surface area contributed by atoms with Crippen molar-refractivity contribution in [2.45, 2.75) is 49.4 Å². The van der Waals surface area contributed by atoms with E-state index in [9.17, 15) is 4.79 Å². The third-order valence-corrected chi connectivity index (χ3v) is 4.09. The fourth-order valence-electron chi connectivity index (χ4n) is 3.02. The quantitative estimate of drug-likeness (QED) is 0.655. The molecule has 1 amide bonds. The van der Waals surface area contributed by atoms with E-state index in [0.717, 1.165) is 19.4 Å². The molecule has 0 aromatic heterocycles. The number of rotatable bonds is 1. The molecule has 4 heteroatoms. The second-order valence-corrected chi connectivity index (χ2v) is 5.68. The highest BCUT2D eigenvalue weighted by Gasteiger charge is 2.36. The van der Waals surface area contributed by atoms with Gasteiger partial charge in [0, 0.05) is 12.6 Å². The van der Waals surface area contributed by atoms with Gasteiger partial charge in [0.25, 0.3) is 5.91 Å². The first-order valence-electron chi connectivity index (χ1n) is 5.79. The van der Waals surface area contributed by atoms with E-state index >= 15 is 0 Å². The van der Waals surface area contributed by atoms with E-state index in [0.29, 0.717) is 12.0 Å². The van der Waals surface area contributed by atoms with Crippen molar-refractivity contribution in [3.8, 4) is 0 Å². The van der Waals surface area contributed by atoms with Crippen LogP contribution in [0.25, 0.3) is 0 Å². The lowest BCUT2D eigenvalue weighted by Crippen LogP contribution is -2.51. The van der Waals surface area contributed by atoms with Crippen molar-refractivity contribution >= 4 is 29.1 Å². The average Bonchev–Trinajstić information content (AvgIpc) is 2.27. The lowest BCUT2D eigenvalue weighted by atomic mass is 9.78. The number of fused-ring (bicyclic) bond motifs is 1. The molecule has 0 unspecified atom stereocenters. The molecule has 0 radical (unpaired) electrons. The largest absolute Gasteiger partial charge is 0.337 e. The number of alkyl halides is 2. The van der Waals surface area contributed by atoms with Crippen LogP contribution < -0.4 is 0 Å². The van der Waals surface area contributed by atoms with Gasteiger partial charge in [-0.1, -0.05) is 36.0 Å². The Bertz CT molecular complexity index is 243. The van der Waals surface area contributed by atoms with E-state index in [1.165, 1.54) is 25.7 Å². The zero-order valence-electron chi connectivity index (χ0n) is 8.79. The minimum absolute atomic E-state index is 0.0880. The number of amides is 1. The normalized spacial score (nSPS) is 31.5. The van der Waals surface area contributed by atoms with Crippen molar-refractivity contribution in [2.24, 2.45) is 5.92 Å². The lowest BCUT2D eigenvalue weighted by Gasteiger charge is -2.44. The Kier molecular flexibility index (Phi) is 3.78. The zero-order valence-corrected chi connectivity index (χ0v) is 10.3. The van der Waals surface area contributed by atoms with Gasteiger partial charge in [0.15, 0.2) is 4.84 Å². The van der Waals surface area contributed by atoms with E-state index in [1.54, 1.807) is 0 Å². The van der Waals surface area contributed by atoms with Crippen LogP contribution in [0.1, 0.15) is 38.5 Å². The third kappa shape index (κ3) is 2.42. The summed E-state index contributed by atoms with van der Waals surface area (Å²) in [6, 6.07) is 0.417. The summed E-state index contributed by atoms with van der Waals surface area (Å²) in [7, 11) is 0. The standard InChI is InChI=1S/C11H17Cl2NO/c12-10(13)11(15)14-7-3-5-8-4-1-2-6-9(8)14/h8-10H,1-7H2/t8-,9-/m1/s1. The number of carbonyl (C=O) groups excluding carboxylic acids is 1. The highest BCUT2D eigenvalue weighted by atomic mass is 35.5. The fraction of sp³-hybridized carbons (Fsp3) is 0.909. The molecule has 1 aliphatic carbocycles. The molecule has 0 aromatic carbocycles. The van der Waals surface area contributed by atoms with Gasteiger partial charge in [0.05, 0.1) is 0 Å². The Hall–Kier alpha value is 0.0500. The molecule has 1 heterocycles. The third-order valence-electron chi connectivity index (χ3n) is 3.71. The summed E-state index contributed by atoms with van der Waals surface area (Å²) in [4.78, 5) is 12.9. The first-order chi connectivity index (χ1) is 7.20. The van der Waals surface area contributed by atoms with Gasteiger partial charge >= 0.3 is 0 Å². The van der Waals surface area contributed by atoms with E-state index < -0.39 is 4.84 Å². The number of hydrogen-bond donors (Lipinski definition) is 0. The summed E-state index contributed by atoms with van der Waals surface area (Å²) in [6.07, 6.45) is 7.33. The minimum atomic E-state index is -0.884. The maximum Gasteiger partial charge on any atom is 0.256 e. The SMILES string of the molecule is O=C(C(Cl)Cl)N1CCC[C@H]2CCCC[C@H]21. The molecule has 2 atom stereocenters. The molecule has 1 saturated carbocycles. The molecule has 0 aromatic rings. The van der Waals surface area contributed by atoms with Crippen LogP contribution in [0.4, 0.5) is 0 Å². The molecule has 2 rings (SSSR count). The number of nitrogens with zero attached hydrogens (tertiary/aromatic N) is 1. The number of halogens is 2. The minimum Gasteiger partial charge on any atom is -0.337 e. The lowest BCUT2D eigenvalue weighted by molar-refractivity contribution is -0.135. The topological polar surface area (TPSA) is 20.3 Å². The maximum absolute atomic E-state index is 11.8. The molecule has 15 heavy (non-hydrogen) atoms. The van der Waals surface area contributed by atoms with Crippen molar-refractivity contribution in [2.75, 3.05) is 6.54 Å². The van der Waals surface area contributed by atoms with Crippen LogP contribution in [0, 0.1) is 5.92 Å². The van der Waals surface area contributed by atoms with Crippen molar-refractivity contribution in [1.82, 2.24) is 4.90 Å². The Balaban J connectivity index is 2.06. The maximum atomic E-state index is 11.8. The van der Waals surface area contributed by atoms with E-state index in [-0.39, 0.29) is 5.91 Å². The summed E-state index contributed by atoms with van der Waals surface area (Å²) >= 11 is 11.3. The predicted octanol–water partition coefficient (Wildman–Crippen LogP) is 2.97. The summed E-state index contributed by atoms with van der Waals surface area (Å²) < 4.78 is 0. The molecule has 1 saturated heterocycles. The van der Waals surface area contributed by atoms with E-state index in [4.69, 9.17) is 23.2 Å². The molecule has 2 aliphatic rings. The van der Waals surface area contributed by atoms with Crippen LogP contribution >= 0.6 is 23.2 Å². The number of likely N-dealkylation sites (tertiary alicyclic amines) is 1. The second kappa shape index (κ2) is 4.92. The molecular formula is C11H17Cl2NO.